The average Bonchev–Trinajstić information content (AvgIpc) is 3.21. The van der Waals surface area contributed by atoms with Crippen LogP contribution in [0.2, 0.25) is 0 Å². The fourth-order valence-electron chi connectivity index (χ4n) is 2.52. The normalized spacial score (nSPS) is 13.4. The van der Waals surface area contributed by atoms with E-state index in [1.54, 1.807) is 24.4 Å². The quantitative estimate of drug-likeness (QED) is 0.682. The third kappa shape index (κ3) is 3.21. The number of rotatable bonds is 7. The minimum absolute atomic E-state index is 0.147. The van der Waals surface area contributed by atoms with E-state index in [1.807, 2.05) is 13.0 Å². The highest BCUT2D eigenvalue weighted by Gasteiger charge is 2.26. The number of fused-ring (bicyclic) bond motifs is 1. The van der Waals surface area contributed by atoms with Gasteiger partial charge in [0, 0.05) is 31.3 Å². The van der Waals surface area contributed by atoms with Crippen LogP contribution < -0.4 is 4.72 Å². The van der Waals surface area contributed by atoms with Crippen LogP contribution in [0.15, 0.2) is 46.0 Å². The molecule has 3 heterocycles. The number of furan rings is 1. The smallest absolute Gasteiger partial charge is 0.243 e. The summed E-state index contributed by atoms with van der Waals surface area (Å²) in [6.45, 7) is 2.13. The molecule has 0 spiro atoms. The molecule has 1 atom stereocenters. The number of nitrogens with one attached hydrogen (secondary N) is 2. The van der Waals surface area contributed by atoms with Crippen LogP contribution in [0.5, 0.6) is 0 Å². The molecule has 0 bridgehead atoms. The van der Waals surface area contributed by atoms with E-state index in [4.69, 9.17) is 9.15 Å². The zero-order valence-electron chi connectivity index (χ0n) is 13.4. The molecule has 3 rings (SSSR count). The highest BCUT2D eigenvalue weighted by atomic mass is 32.2. The minimum Gasteiger partial charge on any atom is -0.464 e. The van der Waals surface area contributed by atoms with Crippen molar-refractivity contribution < 1.29 is 17.6 Å². The molecule has 3 aromatic rings. The predicted molar refractivity (Wildman–Crippen MR) is 89.1 cm³/mol. The third-order valence-electron chi connectivity index (χ3n) is 3.71. The molecule has 0 saturated carbocycles. The first-order chi connectivity index (χ1) is 11.5. The van der Waals surface area contributed by atoms with Gasteiger partial charge in [0.15, 0.2) is 0 Å². The molecule has 0 fully saturated rings. The number of methoxy groups -OCH3 is 1. The SMILES string of the molecule is CCc1ccc([C@H](COC)NS(=O)(=O)c2c[nH]c3ncccc23)o1. The van der Waals surface area contributed by atoms with E-state index in [-0.39, 0.29) is 11.5 Å². The molecule has 128 valence electrons. The fourth-order valence-corrected chi connectivity index (χ4v) is 3.87. The molecule has 0 aliphatic rings. The maximum Gasteiger partial charge on any atom is 0.243 e. The van der Waals surface area contributed by atoms with E-state index >= 15 is 0 Å². The van der Waals surface area contributed by atoms with Gasteiger partial charge < -0.3 is 14.1 Å². The second-order valence-corrected chi connectivity index (χ2v) is 7.02. The maximum atomic E-state index is 12.8. The second-order valence-electron chi connectivity index (χ2n) is 5.34. The van der Waals surface area contributed by atoms with Crippen LogP contribution >= 0.6 is 0 Å². The number of aryl methyl sites for hydroxylation is 1. The Bertz CT molecular complexity index is 930. The monoisotopic (exact) mass is 349 g/mol. The molecule has 0 amide bonds. The van der Waals surface area contributed by atoms with Gasteiger partial charge in [0.2, 0.25) is 10.0 Å². The number of aromatic nitrogens is 2. The van der Waals surface area contributed by atoms with Gasteiger partial charge in [-0.15, -0.1) is 0 Å². The third-order valence-corrected chi connectivity index (χ3v) is 5.22. The molecular weight excluding hydrogens is 330 g/mol. The Labute approximate surface area is 140 Å². The second kappa shape index (κ2) is 6.76. The van der Waals surface area contributed by atoms with Crippen LogP contribution in [-0.4, -0.2) is 32.1 Å². The van der Waals surface area contributed by atoms with Crippen LogP contribution in [0.4, 0.5) is 0 Å². The van der Waals surface area contributed by atoms with E-state index < -0.39 is 16.1 Å². The summed E-state index contributed by atoms with van der Waals surface area (Å²) in [7, 11) is -2.26. The van der Waals surface area contributed by atoms with Gasteiger partial charge in [-0.3, -0.25) is 0 Å². The summed E-state index contributed by atoms with van der Waals surface area (Å²) in [5, 5.41) is 0.537. The first kappa shape index (κ1) is 16.7. The number of sulfonamides is 1. The summed E-state index contributed by atoms with van der Waals surface area (Å²) in [4.78, 5) is 7.13. The van der Waals surface area contributed by atoms with Gasteiger partial charge in [0.25, 0.3) is 0 Å². The van der Waals surface area contributed by atoms with Crippen molar-refractivity contribution in [2.24, 2.45) is 0 Å². The van der Waals surface area contributed by atoms with Gasteiger partial charge in [-0.1, -0.05) is 6.92 Å². The van der Waals surface area contributed by atoms with Crippen molar-refractivity contribution in [3.05, 3.63) is 48.2 Å². The van der Waals surface area contributed by atoms with Gasteiger partial charge in [0.05, 0.1) is 6.61 Å². The molecule has 2 N–H and O–H groups in total. The molecule has 24 heavy (non-hydrogen) atoms. The first-order valence-electron chi connectivity index (χ1n) is 7.57. The summed E-state index contributed by atoms with van der Waals surface area (Å²) in [6, 6.07) is 6.40. The van der Waals surface area contributed by atoms with Crippen molar-refractivity contribution in [3.8, 4) is 0 Å². The van der Waals surface area contributed by atoms with Crippen molar-refractivity contribution >= 4 is 21.1 Å². The predicted octanol–water partition coefficient (Wildman–Crippen LogP) is 2.38. The number of ether oxygens (including phenoxy) is 1. The van der Waals surface area contributed by atoms with Gasteiger partial charge in [-0.25, -0.2) is 13.4 Å². The van der Waals surface area contributed by atoms with Crippen molar-refractivity contribution in [2.75, 3.05) is 13.7 Å². The summed E-state index contributed by atoms with van der Waals surface area (Å²) in [5.74, 6) is 1.32. The molecule has 0 aliphatic carbocycles. The largest absolute Gasteiger partial charge is 0.464 e. The van der Waals surface area contributed by atoms with Gasteiger partial charge >= 0.3 is 0 Å². The van der Waals surface area contributed by atoms with E-state index in [9.17, 15) is 8.42 Å². The van der Waals surface area contributed by atoms with E-state index in [1.165, 1.54) is 13.3 Å². The molecule has 0 radical (unpaired) electrons. The first-order valence-corrected chi connectivity index (χ1v) is 9.05. The number of H-pyrrole nitrogens is 1. The number of hydrogen-bond donors (Lipinski definition) is 2. The molecule has 0 aliphatic heterocycles. The molecule has 8 heteroatoms. The fraction of sp³-hybridized carbons (Fsp3) is 0.312. The van der Waals surface area contributed by atoms with Crippen molar-refractivity contribution in [2.45, 2.75) is 24.3 Å². The Kier molecular flexibility index (Phi) is 4.70. The molecule has 3 aromatic heterocycles. The topological polar surface area (TPSA) is 97.2 Å². The molecule has 0 unspecified atom stereocenters. The minimum atomic E-state index is -3.77. The lowest BCUT2D eigenvalue weighted by atomic mass is 10.2. The molecule has 0 aromatic carbocycles. The van der Waals surface area contributed by atoms with Gasteiger partial charge in [-0.2, -0.15) is 4.72 Å². The van der Waals surface area contributed by atoms with Crippen LogP contribution in [-0.2, 0) is 21.2 Å². The van der Waals surface area contributed by atoms with Crippen molar-refractivity contribution in [1.82, 2.24) is 14.7 Å². The Morgan fingerprint density at radius 2 is 2.21 bits per heavy atom. The number of aromatic amines is 1. The molecule has 7 nitrogen and oxygen atoms in total. The van der Waals surface area contributed by atoms with Crippen molar-refractivity contribution in [1.29, 1.82) is 0 Å². The summed E-state index contributed by atoms with van der Waals surface area (Å²) < 4.78 is 39.0. The Balaban J connectivity index is 1.93. The number of nitrogens with zero attached hydrogens (tertiary/aromatic N) is 1. The van der Waals surface area contributed by atoms with E-state index in [2.05, 4.69) is 14.7 Å². The van der Waals surface area contributed by atoms with E-state index in [0.717, 1.165) is 12.2 Å². The van der Waals surface area contributed by atoms with Crippen molar-refractivity contribution in [3.63, 3.8) is 0 Å². The Morgan fingerprint density at radius 1 is 1.38 bits per heavy atom. The lowest BCUT2D eigenvalue weighted by Crippen LogP contribution is -2.31. The average molecular weight is 349 g/mol. The van der Waals surface area contributed by atoms with Crippen LogP contribution in [0.1, 0.15) is 24.5 Å². The standard InChI is InChI=1S/C16H19N3O4S/c1-3-11-6-7-14(23-11)13(10-22-2)19-24(20,21)15-9-18-16-12(15)5-4-8-17-16/h4-9,13,19H,3,10H2,1-2H3,(H,17,18)/t13-/m0/s1. The highest BCUT2D eigenvalue weighted by molar-refractivity contribution is 7.89. The number of pyridine rings is 1. The summed E-state index contributed by atoms with van der Waals surface area (Å²) >= 11 is 0. The zero-order valence-corrected chi connectivity index (χ0v) is 14.3. The zero-order chi connectivity index (χ0) is 17.2. The van der Waals surface area contributed by atoms with Gasteiger partial charge in [-0.05, 0) is 24.3 Å². The lowest BCUT2D eigenvalue weighted by molar-refractivity contribution is 0.166. The Morgan fingerprint density at radius 3 is 2.92 bits per heavy atom. The number of hydrogen-bond acceptors (Lipinski definition) is 5. The van der Waals surface area contributed by atoms with Crippen LogP contribution in [0, 0.1) is 0 Å². The van der Waals surface area contributed by atoms with E-state index in [0.29, 0.717) is 16.8 Å². The summed E-state index contributed by atoms with van der Waals surface area (Å²) in [5.41, 5.74) is 0.521. The van der Waals surface area contributed by atoms with Crippen LogP contribution in [0.3, 0.4) is 0 Å². The Hall–Kier alpha value is -2.16. The maximum absolute atomic E-state index is 12.8. The van der Waals surface area contributed by atoms with Gasteiger partial charge in [0.1, 0.15) is 28.1 Å². The van der Waals surface area contributed by atoms with Crippen LogP contribution in [0.25, 0.3) is 11.0 Å². The lowest BCUT2D eigenvalue weighted by Gasteiger charge is -2.15. The highest BCUT2D eigenvalue weighted by Crippen LogP contribution is 2.24. The molecular formula is C16H19N3O4S. The summed E-state index contributed by atoms with van der Waals surface area (Å²) in [6.07, 6.45) is 3.77. The molecule has 0 saturated heterocycles.